The van der Waals surface area contributed by atoms with E-state index in [1.807, 2.05) is 30.3 Å². The molecule has 3 heteroatoms. The summed E-state index contributed by atoms with van der Waals surface area (Å²) in [5.41, 5.74) is 3.63. The van der Waals surface area contributed by atoms with E-state index in [4.69, 9.17) is 9.47 Å². The van der Waals surface area contributed by atoms with Crippen LogP contribution in [0.3, 0.4) is 0 Å². The van der Waals surface area contributed by atoms with Gasteiger partial charge in [0.1, 0.15) is 0 Å². The highest BCUT2D eigenvalue weighted by molar-refractivity contribution is 6.11. The SMILES string of the molecule is COc1cc2c(cc1OC)C(=O)c1ccccc1CC2. The summed E-state index contributed by atoms with van der Waals surface area (Å²) in [6.45, 7) is 0. The van der Waals surface area contributed by atoms with Crippen LogP contribution in [0.25, 0.3) is 0 Å². The summed E-state index contributed by atoms with van der Waals surface area (Å²) in [4.78, 5) is 12.7. The number of aryl methyl sites for hydroxylation is 2. The first-order chi connectivity index (χ1) is 9.74. The van der Waals surface area contributed by atoms with Crippen LogP contribution >= 0.6 is 0 Å². The van der Waals surface area contributed by atoms with Gasteiger partial charge in [-0.3, -0.25) is 4.79 Å². The predicted molar refractivity (Wildman–Crippen MR) is 76.8 cm³/mol. The van der Waals surface area contributed by atoms with Gasteiger partial charge in [0, 0.05) is 11.1 Å². The van der Waals surface area contributed by atoms with E-state index < -0.39 is 0 Å². The van der Waals surface area contributed by atoms with Crippen LogP contribution in [0.1, 0.15) is 27.0 Å². The van der Waals surface area contributed by atoms with Gasteiger partial charge in [0.25, 0.3) is 0 Å². The molecule has 2 aromatic carbocycles. The highest BCUT2D eigenvalue weighted by Gasteiger charge is 2.23. The van der Waals surface area contributed by atoms with Gasteiger partial charge in [0.2, 0.25) is 0 Å². The van der Waals surface area contributed by atoms with Gasteiger partial charge in [-0.25, -0.2) is 0 Å². The minimum absolute atomic E-state index is 0.0639. The molecule has 3 nitrogen and oxygen atoms in total. The molecule has 0 fully saturated rings. The largest absolute Gasteiger partial charge is 0.493 e. The van der Waals surface area contributed by atoms with Crippen molar-refractivity contribution in [2.24, 2.45) is 0 Å². The van der Waals surface area contributed by atoms with Gasteiger partial charge in [-0.05, 0) is 36.1 Å². The molecule has 20 heavy (non-hydrogen) atoms. The number of carbonyl (C=O) groups is 1. The number of ketones is 1. The Kier molecular flexibility index (Phi) is 3.18. The quantitative estimate of drug-likeness (QED) is 0.839. The topological polar surface area (TPSA) is 35.5 Å². The molecule has 0 aliphatic heterocycles. The van der Waals surface area contributed by atoms with Crippen LogP contribution in [0.15, 0.2) is 36.4 Å². The van der Waals surface area contributed by atoms with Crippen LogP contribution in [0, 0.1) is 0 Å². The Morgan fingerprint density at radius 2 is 1.50 bits per heavy atom. The molecule has 0 N–H and O–H groups in total. The average molecular weight is 268 g/mol. The normalized spacial score (nSPS) is 13.2. The maximum atomic E-state index is 12.7. The van der Waals surface area contributed by atoms with Gasteiger partial charge in [-0.1, -0.05) is 24.3 Å². The summed E-state index contributed by atoms with van der Waals surface area (Å²) >= 11 is 0. The zero-order valence-electron chi connectivity index (χ0n) is 11.6. The van der Waals surface area contributed by atoms with Crippen LogP contribution in [-0.2, 0) is 12.8 Å². The van der Waals surface area contributed by atoms with Crippen LogP contribution < -0.4 is 9.47 Å². The third-order valence-electron chi connectivity index (χ3n) is 3.78. The van der Waals surface area contributed by atoms with E-state index in [9.17, 15) is 4.79 Å². The van der Waals surface area contributed by atoms with E-state index in [1.54, 1.807) is 20.3 Å². The second-order valence-electron chi connectivity index (χ2n) is 4.85. The van der Waals surface area contributed by atoms with Gasteiger partial charge in [-0.2, -0.15) is 0 Å². The lowest BCUT2D eigenvalue weighted by atomic mass is 9.98. The number of hydrogen-bond donors (Lipinski definition) is 0. The van der Waals surface area contributed by atoms with Crippen molar-refractivity contribution in [3.8, 4) is 11.5 Å². The molecule has 0 radical (unpaired) electrons. The Hall–Kier alpha value is -2.29. The molecule has 0 aromatic heterocycles. The number of hydrogen-bond acceptors (Lipinski definition) is 3. The fraction of sp³-hybridized carbons (Fsp3) is 0.235. The minimum atomic E-state index is 0.0639. The van der Waals surface area contributed by atoms with Gasteiger partial charge in [-0.15, -0.1) is 0 Å². The van der Waals surface area contributed by atoms with Crippen LogP contribution in [0.2, 0.25) is 0 Å². The van der Waals surface area contributed by atoms with Gasteiger partial charge < -0.3 is 9.47 Å². The van der Waals surface area contributed by atoms with E-state index >= 15 is 0 Å². The summed E-state index contributed by atoms with van der Waals surface area (Å²) in [5.74, 6) is 1.33. The van der Waals surface area contributed by atoms with Crippen molar-refractivity contribution in [1.29, 1.82) is 0 Å². The van der Waals surface area contributed by atoms with Gasteiger partial charge >= 0.3 is 0 Å². The summed E-state index contributed by atoms with van der Waals surface area (Å²) in [6.07, 6.45) is 1.70. The van der Waals surface area contributed by atoms with Crippen molar-refractivity contribution in [3.05, 3.63) is 58.7 Å². The maximum Gasteiger partial charge on any atom is 0.193 e. The van der Waals surface area contributed by atoms with Crippen molar-refractivity contribution in [1.82, 2.24) is 0 Å². The van der Waals surface area contributed by atoms with Crippen molar-refractivity contribution in [3.63, 3.8) is 0 Å². The maximum absolute atomic E-state index is 12.7. The molecule has 0 unspecified atom stereocenters. The Balaban J connectivity index is 2.18. The van der Waals surface area contributed by atoms with Gasteiger partial charge in [0.05, 0.1) is 14.2 Å². The number of methoxy groups -OCH3 is 2. The summed E-state index contributed by atoms with van der Waals surface area (Å²) in [7, 11) is 3.19. The zero-order valence-corrected chi connectivity index (χ0v) is 11.6. The molecule has 0 bridgehead atoms. The number of carbonyl (C=O) groups excluding carboxylic acids is 1. The van der Waals surface area contributed by atoms with Crippen LogP contribution in [0.4, 0.5) is 0 Å². The van der Waals surface area contributed by atoms with Crippen LogP contribution in [-0.4, -0.2) is 20.0 Å². The molecular formula is C17H16O3. The fourth-order valence-corrected chi connectivity index (χ4v) is 2.71. The molecule has 1 aliphatic rings. The molecule has 1 aliphatic carbocycles. The lowest BCUT2D eigenvalue weighted by Gasteiger charge is -2.12. The predicted octanol–water partition coefficient (Wildman–Crippen LogP) is 3.03. The number of rotatable bonds is 2. The molecule has 0 heterocycles. The first kappa shape index (κ1) is 12.7. The smallest absolute Gasteiger partial charge is 0.193 e. The second kappa shape index (κ2) is 5.00. The zero-order chi connectivity index (χ0) is 14.1. The van der Waals surface area contributed by atoms with E-state index in [0.29, 0.717) is 17.1 Å². The number of fused-ring (bicyclic) bond motifs is 2. The first-order valence-electron chi connectivity index (χ1n) is 6.62. The molecule has 3 rings (SSSR count). The Labute approximate surface area is 118 Å². The number of ether oxygens (including phenoxy) is 2. The molecule has 0 amide bonds. The Bertz CT molecular complexity index is 674. The van der Waals surface area contributed by atoms with Crippen LogP contribution in [0.5, 0.6) is 11.5 Å². The highest BCUT2D eigenvalue weighted by Crippen LogP contribution is 2.34. The molecule has 0 saturated heterocycles. The summed E-state index contributed by atoms with van der Waals surface area (Å²) in [5, 5.41) is 0. The van der Waals surface area contributed by atoms with E-state index in [1.165, 1.54) is 0 Å². The van der Waals surface area contributed by atoms with Crippen molar-refractivity contribution >= 4 is 5.78 Å². The lowest BCUT2D eigenvalue weighted by Crippen LogP contribution is -2.05. The minimum Gasteiger partial charge on any atom is -0.493 e. The van der Waals surface area contributed by atoms with E-state index in [-0.39, 0.29) is 5.78 Å². The fourth-order valence-electron chi connectivity index (χ4n) is 2.71. The van der Waals surface area contributed by atoms with Crippen molar-refractivity contribution in [2.75, 3.05) is 14.2 Å². The molecule has 2 aromatic rings. The lowest BCUT2D eigenvalue weighted by molar-refractivity contribution is 0.103. The second-order valence-corrected chi connectivity index (χ2v) is 4.85. The average Bonchev–Trinajstić information content (AvgIpc) is 2.64. The van der Waals surface area contributed by atoms with Crippen molar-refractivity contribution in [2.45, 2.75) is 12.8 Å². The molecule has 0 atom stereocenters. The molecule has 102 valence electrons. The number of benzene rings is 2. The Morgan fingerprint density at radius 3 is 2.25 bits per heavy atom. The van der Waals surface area contributed by atoms with E-state index in [0.717, 1.165) is 29.5 Å². The Morgan fingerprint density at radius 1 is 0.850 bits per heavy atom. The molecule has 0 spiro atoms. The van der Waals surface area contributed by atoms with E-state index in [2.05, 4.69) is 0 Å². The first-order valence-corrected chi connectivity index (χ1v) is 6.62. The summed E-state index contributed by atoms with van der Waals surface area (Å²) < 4.78 is 10.6. The highest BCUT2D eigenvalue weighted by atomic mass is 16.5. The molecule has 0 saturated carbocycles. The third-order valence-corrected chi connectivity index (χ3v) is 3.78. The standard InChI is InChI=1S/C17H16O3/c1-19-15-9-12-8-7-11-5-3-4-6-13(11)17(18)14(12)10-16(15)20-2/h3-6,9-10H,7-8H2,1-2H3. The monoisotopic (exact) mass is 268 g/mol. The van der Waals surface area contributed by atoms with Gasteiger partial charge in [0.15, 0.2) is 17.3 Å². The van der Waals surface area contributed by atoms with Crippen molar-refractivity contribution < 1.29 is 14.3 Å². The third kappa shape index (κ3) is 1.95. The summed E-state index contributed by atoms with van der Waals surface area (Å²) in [6, 6.07) is 11.5. The molecular weight excluding hydrogens is 252 g/mol.